The monoisotopic (exact) mass is 187 g/mol. The molecule has 0 aromatic heterocycles. The van der Waals surface area contributed by atoms with Crippen LogP contribution in [0.1, 0.15) is 33.1 Å². The van der Waals surface area contributed by atoms with Gasteiger partial charge in [0.05, 0.1) is 18.8 Å². The van der Waals surface area contributed by atoms with Gasteiger partial charge >= 0.3 is 0 Å². The molecule has 1 aliphatic rings. The number of hydrogen-bond donors (Lipinski definition) is 1. The van der Waals surface area contributed by atoms with Gasteiger partial charge in [-0.1, -0.05) is 0 Å². The first kappa shape index (κ1) is 11.0. The fourth-order valence-electron chi connectivity index (χ4n) is 1.55. The topological polar surface area (TPSA) is 44.5 Å². The summed E-state index contributed by atoms with van der Waals surface area (Å²) in [6.07, 6.45) is 3.94. The lowest BCUT2D eigenvalue weighted by molar-refractivity contribution is 0.0463. The predicted molar refractivity (Wildman–Crippen MR) is 52.7 cm³/mol. The Bertz CT molecular complexity index is 133. The van der Waals surface area contributed by atoms with Crippen molar-refractivity contribution in [3.8, 4) is 0 Å². The molecule has 13 heavy (non-hydrogen) atoms. The average molecular weight is 187 g/mol. The van der Waals surface area contributed by atoms with E-state index in [0.29, 0.717) is 12.7 Å². The quantitative estimate of drug-likeness (QED) is 0.705. The molecule has 1 heterocycles. The van der Waals surface area contributed by atoms with E-state index in [-0.39, 0.29) is 12.1 Å². The first-order valence-corrected chi connectivity index (χ1v) is 5.17. The maximum atomic E-state index is 5.90. The molecule has 1 aliphatic heterocycles. The van der Waals surface area contributed by atoms with Gasteiger partial charge in [-0.15, -0.1) is 0 Å². The first-order chi connectivity index (χ1) is 6.18. The Morgan fingerprint density at radius 1 is 1.54 bits per heavy atom. The van der Waals surface area contributed by atoms with E-state index in [0.717, 1.165) is 19.4 Å². The molecule has 0 aromatic carbocycles. The molecule has 0 aliphatic carbocycles. The van der Waals surface area contributed by atoms with E-state index in [1.807, 2.05) is 13.8 Å². The Kier molecular flexibility index (Phi) is 4.70. The molecule has 0 amide bonds. The summed E-state index contributed by atoms with van der Waals surface area (Å²) in [6, 6.07) is 0.130. The summed E-state index contributed by atoms with van der Waals surface area (Å²) >= 11 is 0. The number of rotatable bonds is 5. The zero-order valence-corrected chi connectivity index (χ0v) is 8.66. The van der Waals surface area contributed by atoms with Gasteiger partial charge in [-0.05, 0) is 33.1 Å². The fourth-order valence-corrected chi connectivity index (χ4v) is 1.55. The SMILES string of the molecule is CC(C)OCC(N)CC1CCCO1. The number of ether oxygens (including phenoxy) is 2. The first-order valence-electron chi connectivity index (χ1n) is 5.17. The van der Waals surface area contributed by atoms with Gasteiger partial charge in [0.15, 0.2) is 0 Å². The van der Waals surface area contributed by atoms with Gasteiger partial charge in [0.1, 0.15) is 0 Å². The summed E-state index contributed by atoms with van der Waals surface area (Å²) in [5.74, 6) is 0. The molecule has 0 aromatic rings. The Morgan fingerprint density at radius 2 is 2.31 bits per heavy atom. The summed E-state index contributed by atoms with van der Waals surface area (Å²) in [6.45, 7) is 5.61. The Hall–Kier alpha value is -0.120. The maximum Gasteiger partial charge on any atom is 0.0621 e. The molecule has 1 fully saturated rings. The van der Waals surface area contributed by atoms with Crippen molar-refractivity contribution >= 4 is 0 Å². The highest BCUT2D eigenvalue weighted by Crippen LogP contribution is 2.16. The van der Waals surface area contributed by atoms with Gasteiger partial charge < -0.3 is 15.2 Å². The Labute approximate surface area is 80.6 Å². The smallest absolute Gasteiger partial charge is 0.0621 e. The molecular formula is C10H21NO2. The molecule has 3 heteroatoms. The lowest BCUT2D eigenvalue weighted by Crippen LogP contribution is -2.31. The maximum absolute atomic E-state index is 5.90. The average Bonchev–Trinajstić information content (AvgIpc) is 2.53. The van der Waals surface area contributed by atoms with E-state index in [2.05, 4.69) is 0 Å². The molecule has 2 N–H and O–H groups in total. The van der Waals surface area contributed by atoms with Crippen molar-refractivity contribution in [2.45, 2.75) is 51.4 Å². The number of nitrogens with two attached hydrogens (primary N) is 1. The molecular weight excluding hydrogens is 166 g/mol. The van der Waals surface area contributed by atoms with Crippen molar-refractivity contribution in [1.82, 2.24) is 0 Å². The van der Waals surface area contributed by atoms with Gasteiger partial charge in [0.25, 0.3) is 0 Å². The Balaban J connectivity index is 2.05. The van der Waals surface area contributed by atoms with E-state index in [9.17, 15) is 0 Å². The van der Waals surface area contributed by atoms with Gasteiger partial charge in [0.2, 0.25) is 0 Å². The Morgan fingerprint density at radius 3 is 2.85 bits per heavy atom. The van der Waals surface area contributed by atoms with Crippen LogP contribution in [-0.4, -0.2) is 31.5 Å². The third-order valence-electron chi connectivity index (χ3n) is 2.23. The van der Waals surface area contributed by atoms with Gasteiger partial charge in [-0.25, -0.2) is 0 Å². The lowest BCUT2D eigenvalue weighted by atomic mass is 10.1. The molecule has 2 unspecified atom stereocenters. The van der Waals surface area contributed by atoms with Crippen LogP contribution in [0.4, 0.5) is 0 Å². The summed E-state index contributed by atoms with van der Waals surface area (Å²) < 4.78 is 10.9. The van der Waals surface area contributed by atoms with Crippen LogP contribution in [-0.2, 0) is 9.47 Å². The van der Waals surface area contributed by atoms with Gasteiger partial charge in [0, 0.05) is 12.6 Å². The van der Waals surface area contributed by atoms with E-state index in [4.69, 9.17) is 15.2 Å². The summed E-state index contributed by atoms with van der Waals surface area (Å²) in [4.78, 5) is 0. The molecule has 1 rings (SSSR count). The molecule has 0 radical (unpaired) electrons. The zero-order valence-electron chi connectivity index (χ0n) is 8.66. The fraction of sp³-hybridized carbons (Fsp3) is 1.00. The molecule has 3 nitrogen and oxygen atoms in total. The summed E-state index contributed by atoms with van der Waals surface area (Å²) in [7, 11) is 0. The highest BCUT2D eigenvalue weighted by molar-refractivity contribution is 4.72. The summed E-state index contributed by atoms with van der Waals surface area (Å²) in [5.41, 5.74) is 5.90. The minimum absolute atomic E-state index is 0.130. The van der Waals surface area contributed by atoms with Crippen LogP contribution in [0, 0.1) is 0 Å². The van der Waals surface area contributed by atoms with Crippen LogP contribution in [0.15, 0.2) is 0 Å². The second kappa shape index (κ2) is 5.58. The van der Waals surface area contributed by atoms with Crippen molar-refractivity contribution in [3.05, 3.63) is 0 Å². The molecule has 0 saturated carbocycles. The molecule has 0 spiro atoms. The van der Waals surface area contributed by atoms with Crippen molar-refractivity contribution in [1.29, 1.82) is 0 Å². The normalized spacial score (nSPS) is 25.4. The second-order valence-electron chi connectivity index (χ2n) is 4.01. The van der Waals surface area contributed by atoms with E-state index in [1.54, 1.807) is 0 Å². The van der Waals surface area contributed by atoms with Gasteiger partial charge in [-0.2, -0.15) is 0 Å². The molecule has 0 bridgehead atoms. The largest absolute Gasteiger partial charge is 0.378 e. The van der Waals surface area contributed by atoms with Crippen LogP contribution >= 0.6 is 0 Å². The highest BCUT2D eigenvalue weighted by Gasteiger charge is 2.18. The van der Waals surface area contributed by atoms with E-state index in [1.165, 1.54) is 6.42 Å². The van der Waals surface area contributed by atoms with Crippen molar-refractivity contribution in [3.63, 3.8) is 0 Å². The summed E-state index contributed by atoms with van der Waals surface area (Å²) in [5, 5.41) is 0. The van der Waals surface area contributed by atoms with Crippen molar-refractivity contribution < 1.29 is 9.47 Å². The van der Waals surface area contributed by atoms with Gasteiger partial charge in [-0.3, -0.25) is 0 Å². The number of hydrogen-bond acceptors (Lipinski definition) is 3. The van der Waals surface area contributed by atoms with E-state index < -0.39 is 0 Å². The third kappa shape index (κ3) is 4.60. The standard InChI is InChI=1S/C10H21NO2/c1-8(2)13-7-9(11)6-10-4-3-5-12-10/h8-10H,3-7,11H2,1-2H3. The minimum Gasteiger partial charge on any atom is -0.378 e. The van der Waals surface area contributed by atoms with Crippen LogP contribution in [0.3, 0.4) is 0 Å². The van der Waals surface area contributed by atoms with E-state index >= 15 is 0 Å². The van der Waals surface area contributed by atoms with Crippen LogP contribution in [0.25, 0.3) is 0 Å². The second-order valence-corrected chi connectivity index (χ2v) is 4.01. The molecule has 2 atom stereocenters. The van der Waals surface area contributed by atoms with Crippen molar-refractivity contribution in [2.75, 3.05) is 13.2 Å². The predicted octanol–water partition coefficient (Wildman–Crippen LogP) is 1.31. The lowest BCUT2D eigenvalue weighted by Gasteiger charge is -2.17. The molecule has 78 valence electrons. The zero-order chi connectivity index (χ0) is 9.68. The van der Waals surface area contributed by atoms with Crippen LogP contribution in [0.5, 0.6) is 0 Å². The highest BCUT2D eigenvalue weighted by atomic mass is 16.5. The van der Waals surface area contributed by atoms with Crippen LogP contribution in [0.2, 0.25) is 0 Å². The van der Waals surface area contributed by atoms with Crippen LogP contribution < -0.4 is 5.73 Å². The van der Waals surface area contributed by atoms with Crippen molar-refractivity contribution in [2.24, 2.45) is 5.73 Å². The third-order valence-corrected chi connectivity index (χ3v) is 2.23. The molecule has 1 saturated heterocycles. The minimum atomic E-state index is 0.130.